The average Bonchev–Trinajstić information content (AvgIpc) is 2.85. The predicted molar refractivity (Wildman–Crippen MR) is 72.0 cm³/mol. The van der Waals surface area contributed by atoms with Crippen LogP contribution in [0.1, 0.15) is 22.8 Å². The van der Waals surface area contributed by atoms with Gasteiger partial charge in [0.25, 0.3) is 5.91 Å². The van der Waals surface area contributed by atoms with E-state index in [4.69, 9.17) is 0 Å². The minimum atomic E-state index is -0.150. The lowest BCUT2D eigenvalue weighted by molar-refractivity contribution is 0.0936. The summed E-state index contributed by atoms with van der Waals surface area (Å²) < 4.78 is 1.77. The summed E-state index contributed by atoms with van der Waals surface area (Å²) in [5.41, 5.74) is 1.23. The smallest absolute Gasteiger partial charge is 0.251 e. The van der Waals surface area contributed by atoms with Crippen molar-refractivity contribution >= 4 is 5.91 Å². The molecule has 0 saturated carbocycles. The van der Waals surface area contributed by atoms with E-state index in [1.54, 1.807) is 29.9 Å². The van der Waals surface area contributed by atoms with Crippen molar-refractivity contribution < 1.29 is 9.90 Å². The van der Waals surface area contributed by atoms with Crippen molar-refractivity contribution in [1.29, 1.82) is 0 Å². The number of phenolic OH excluding ortho intramolecular Hbond substituents is 1. The van der Waals surface area contributed by atoms with E-state index in [-0.39, 0.29) is 17.7 Å². The minimum Gasteiger partial charge on any atom is -0.508 e. The lowest BCUT2D eigenvalue weighted by Gasteiger charge is -2.14. The van der Waals surface area contributed by atoms with Crippen LogP contribution >= 0.6 is 0 Å². The van der Waals surface area contributed by atoms with Crippen LogP contribution in [0.25, 0.3) is 0 Å². The summed E-state index contributed by atoms with van der Waals surface area (Å²) in [6.07, 6.45) is 3.56. The summed E-state index contributed by atoms with van der Waals surface area (Å²) in [6.45, 7) is 4.31. The molecule has 0 aliphatic carbocycles. The number of aromatic hydroxyl groups is 1. The Balaban J connectivity index is 1.98. The molecule has 0 aliphatic heterocycles. The first-order valence-electron chi connectivity index (χ1n) is 6.14. The Bertz CT molecular complexity index is 564. The van der Waals surface area contributed by atoms with Crippen LogP contribution in [0.3, 0.4) is 0 Å². The second-order valence-electron chi connectivity index (χ2n) is 4.60. The molecule has 1 atom stereocenters. The topological polar surface area (TPSA) is 67.2 Å². The number of carbonyl (C=O) groups is 1. The van der Waals surface area contributed by atoms with Gasteiger partial charge >= 0.3 is 0 Å². The zero-order valence-electron chi connectivity index (χ0n) is 11.0. The van der Waals surface area contributed by atoms with Gasteiger partial charge < -0.3 is 10.4 Å². The van der Waals surface area contributed by atoms with Crippen molar-refractivity contribution in [3.8, 4) is 5.75 Å². The molecule has 2 N–H and O–H groups in total. The molecule has 5 heteroatoms. The highest BCUT2D eigenvalue weighted by molar-refractivity contribution is 5.94. The van der Waals surface area contributed by atoms with Crippen molar-refractivity contribution in [2.45, 2.75) is 26.4 Å². The number of hydrogen-bond donors (Lipinski definition) is 2. The highest BCUT2D eigenvalue weighted by Crippen LogP contribution is 2.16. The first-order valence-corrected chi connectivity index (χ1v) is 6.14. The normalized spacial score (nSPS) is 12.1. The highest BCUT2D eigenvalue weighted by atomic mass is 16.3. The molecule has 19 heavy (non-hydrogen) atoms. The number of benzene rings is 1. The summed E-state index contributed by atoms with van der Waals surface area (Å²) in [5, 5.41) is 16.4. The quantitative estimate of drug-likeness (QED) is 0.878. The van der Waals surface area contributed by atoms with Gasteiger partial charge in [-0.3, -0.25) is 9.48 Å². The van der Waals surface area contributed by atoms with Gasteiger partial charge in [0.2, 0.25) is 0 Å². The molecule has 0 radical (unpaired) electrons. The van der Waals surface area contributed by atoms with E-state index < -0.39 is 0 Å². The van der Waals surface area contributed by atoms with E-state index in [1.165, 1.54) is 6.07 Å². The average molecular weight is 259 g/mol. The SMILES string of the molecule is Cc1cc(C(=O)NC(C)Cn2cccn2)ccc1O. The molecule has 1 unspecified atom stereocenters. The molecule has 0 bridgehead atoms. The number of hydrogen-bond acceptors (Lipinski definition) is 3. The fraction of sp³-hybridized carbons (Fsp3) is 0.286. The van der Waals surface area contributed by atoms with Crippen LogP contribution in [0.15, 0.2) is 36.7 Å². The van der Waals surface area contributed by atoms with E-state index in [1.807, 2.05) is 19.2 Å². The molecule has 0 fully saturated rings. The van der Waals surface area contributed by atoms with Crippen LogP contribution in [0, 0.1) is 6.92 Å². The predicted octanol–water partition coefficient (Wildman–Crippen LogP) is 1.72. The first-order chi connectivity index (χ1) is 9.06. The van der Waals surface area contributed by atoms with Gasteiger partial charge in [-0.2, -0.15) is 5.10 Å². The van der Waals surface area contributed by atoms with E-state index >= 15 is 0 Å². The molecule has 2 aromatic rings. The maximum absolute atomic E-state index is 12.0. The molecule has 1 amide bonds. The van der Waals surface area contributed by atoms with Gasteiger partial charge in [0.1, 0.15) is 5.75 Å². The molecular formula is C14H17N3O2. The monoisotopic (exact) mass is 259 g/mol. The van der Waals surface area contributed by atoms with Gasteiger partial charge in [0, 0.05) is 24.0 Å². The Morgan fingerprint density at radius 1 is 1.53 bits per heavy atom. The van der Waals surface area contributed by atoms with Crippen LogP contribution in [0.4, 0.5) is 0 Å². The van der Waals surface area contributed by atoms with Gasteiger partial charge in [-0.15, -0.1) is 0 Å². The highest BCUT2D eigenvalue weighted by Gasteiger charge is 2.11. The Labute approximate surface area is 111 Å². The molecule has 100 valence electrons. The third kappa shape index (κ3) is 3.34. The largest absolute Gasteiger partial charge is 0.508 e. The number of nitrogens with one attached hydrogen (secondary N) is 1. The van der Waals surface area contributed by atoms with Crippen molar-refractivity contribution in [3.63, 3.8) is 0 Å². The maximum atomic E-state index is 12.0. The fourth-order valence-electron chi connectivity index (χ4n) is 1.84. The number of carbonyl (C=O) groups excluding carboxylic acids is 1. The van der Waals surface area contributed by atoms with Crippen LogP contribution < -0.4 is 5.32 Å². The maximum Gasteiger partial charge on any atom is 0.251 e. The number of nitrogens with zero attached hydrogens (tertiary/aromatic N) is 2. The third-order valence-corrected chi connectivity index (χ3v) is 2.86. The van der Waals surface area contributed by atoms with Gasteiger partial charge in [-0.05, 0) is 43.7 Å². The van der Waals surface area contributed by atoms with Gasteiger partial charge in [0.15, 0.2) is 0 Å². The number of aromatic nitrogens is 2. The van der Waals surface area contributed by atoms with Crippen LogP contribution in [0.5, 0.6) is 5.75 Å². The summed E-state index contributed by atoms with van der Waals surface area (Å²) in [6, 6.07) is 6.63. The molecule has 0 saturated heterocycles. The zero-order chi connectivity index (χ0) is 13.8. The summed E-state index contributed by atoms with van der Waals surface area (Å²) >= 11 is 0. The number of phenols is 1. The number of amides is 1. The summed E-state index contributed by atoms with van der Waals surface area (Å²) in [5.74, 6) is 0.0453. The second kappa shape index (κ2) is 5.56. The van der Waals surface area contributed by atoms with Gasteiger partial charge in [-0.25, -0.2) is 0 Å². The lowest BCUT2D eigenvalue weighted by atomic mass is 10.1. The Morgan fingerprint density at radius 2 is 2.32 bits per heavy atom. The molecule has 1 aromatic heterocycles. The zero-order valence-corrected chi connectivity index (χ0v) is 11.0. The van der Waals surface area contributed by atoms with E-state index in [2.05, 4.69) is 10.4 Å². The molecule has 0 spiro atoms. The standard InChI is InChI=1S/C14H17N3O2/c1-10-8-12(4-5-13(10)18)14(19)16-11(2)9-17-7-3-6-15-17/h3-8,11,18H,9H2,1-2H3,(H,16,19). The Kier molecular flexibility index (Phi) is 3.85. The Morgan fingerprint density at radius 3 is 2.95 bits per heavy atom. The van der Waals surface area contributed by atoms with Crippen molar-refractivity contribution in [2.75, 3.05) is 0 Å². The van der Waals surface area contributed by atoms with Crippen LogP contribution in [0.2, 0.25) is 0 Å². The molecule has 1 heterocycles. The van der Waals surface area contributed by atoms with Crippen molar-refractivity contribution in [2.24, 2.45) is 0 Å². The third-order valence-electron chi connectivity index (χ3n) is 2.86. The molecule has 0 aliphatic rings. The molecule has 5 nitrogen and oxygen atoms in total. The van der Waals surface area contributed by atoms with Gasteiger partial charge in [-0.1, -0.05) is 0 Å². The lowest BCUT2D eigenvalue weighted by Crippen LogP contribution is -2.35. The van der Waals surface area contributed by atoms with Crippen molar-refractivity contribution in [3.05, 3.63) is 47.8 Å². The van der Waals surface area contributed by atoms with E-state index in [9.17, 15) is 9.90 Å². The van der Waals surface area contributed by atoms with Crippen LogP contribution in [-0.2, 0) is 6.54 Å². The Hall–Kier alpha value is -2.30. The van der Waals surface area contributed by atoms with Gasteiger partial charge in [0.05, 0.1) is 6.54 Å². The second-order valence-corrected chi connectivity index (χ2v) is 4.60. The fourth-order valence-corrected chi connectivity index (χ4v) is 1.84. The number of rotatable bonds is 4. The van der Waals surface area contributed by atoms with E-state index in [0.29, 0.717) is 17.7 Å². The summed E-state index contributed by atoms with van der Waals surface area (Å²) in [7, 11) is 0. The number of aryl methyl sites for hydroxylation is 1. The molecule has 2 rings (SSSR count). The minimum absolute atomic E-state index is 0.0264. The van der Waals surface area contributed by atoms with Crippen LogP contribution in [-0.4, -0.2) is 26.8 Å². The van der Waals surface area contributed by atoms with E-state index in [0.717, 1.165) is 0 Å². The molecular weight excluding hydrogens is 242 g/mol. The van der Waals surface area contributed by atoms with Crippen molar-refractivity contribution in [1.82, 2.24) is 15.1 Å². The summed E-state index contributed by atoms with van der Waals surface area (Å²) in [4.78, 5) is 12.0. The first kappa shape index (κ1) is 13.1. The molecule has 1 aromatic carbocycles.